The van der Waals surface area contributed by atoms with Crippen molar-refractivity contribution in [2.24, 2.45) is 10.8 Å². The molecular formula is C17H36N2. The summed E-state index contributed by atoms with van der Waals surface area (Å²) in [5, 5.41) is 7.35. The fourth-order valence-electron chi connectivity index (χ4n) is 3.22. The van der Waals surface area contributed by atoms with Crippen LogP contribution in [-0.4, -0.2) is 26.2 Å². The first-order valence-electron chi connectivity index (χ1n) is 8.45. The predicted molar refractivity (Wildman–Crippen MR) is 85.6 cm³/mol. The molecule has 0 bridgehead atoms. The van der Waals surface area contributed by atoms with Gasteiger partial charge in [0.05, 0.1) is 0 Å². The monoisotopic (exact) mass is 268 g/mol. The Bertz CT molecular complexity index is 229. The molecule has 0 radical (unpaired) electrons. The third-order valence-corrected chi connectivity index (χ3v) is 4.87. The maximum atomic E-state index is 3.77. The molecule has 2 heteroatoms. The molecule has 19 heavy (non-hydrogen) atoms. The molecule has 1 unspecified atom stereocenters. The molecular weight excluding hydrogens is 232 g/mol. The maximum absolute atomic E-state index is 3.77. The highest BCUT2D eigenvalue weighted by Crippen LogP contribution is 2.30. The summed E-state index contributed by atoms with van der Waals surface area (Å²) < 4.78 is 0. The van der Waals surface area contributed by atoms with E-state index < -0.39 is 0 Å². The van der Waals surface area contributed by atoms with Gasteiger partial charge in [0.1, 0.15) is 0 Å². The van der Waals surface area contributed by atoms with Gasteiger partial charge >= 0.3 is 0 Å². The van der Waals surface area contributed by atoms with Gasteiger partial charge in [0, 0.05) is 19.6 Å². The van der Waals surface area contributed by atoms with Crippen LogP contribution in [0.2, 0.25) is 0 Å². The third-order valence-electron chi connectivity index (χ3n) is 4.87. The van der Waals surface area contributed by atoms with Crippen LogP contribution < -0.4 is 10.6 Å². The lowest BCUT2D eigenvalue weighted by Gasteiger charge is -2.38. The lowest BCUT2D eigenvalue weighted by molar-refractivity contribution is 0.180. The quantitative estimate of drug-likeness (QED) is 0.618. The first kappa shape index (κ1) is 17.0. The van der Waals surface area contributed by atoms with E-state index in [-0.39, 0.29) is 0 Å². The number of piperidine rings is 1. The molecule has 1 saturated heterocycles. The van der Waals surface area contributed by atoms with E-state index in [0.29, 0.717) is 10.8 Å². The first-order valence-corrected chi connectivity index (χ1v) is 8.45. The van der Waals surface area contributed by atoms with E-state index in [2.05, 4.69) is 38.3 Å². The number of hydrogen-bond donors (Lipinski definition) is 2. The summed E-state index contributed by atoms with van der Waals surface area (Å²) in [5.74, 6) is 0. The van der Waals surface area contributed by atoms with Crippen LogP contribution in [0.15, 0.2) is 0 Å². The zero-order chi connectivity index (χ0) is 14.2. The summed E-state index contributed by atoms with van der Waals surface area (Å²) in [4.78, 5) is 0. The summed E-state index contributed by atoms with van der Waals surface area (Å²) in [5.41, 5.74) is 0.962. The molecule has 0 aromatic carbocycles. The van der Waals surface area contributed by atoms with Gasteiger partial charge in [0.2, 0.25) is 0 Å². The summed E-state index contributed by atoms with van der Waals surface area (Å²) >= 11 is 0. The van der Waals surface area contributed by atoms with Crippen LogP contribution >= 0.6 is 0 Å². The van der Waals surface area contributed by atoms with Gasteiger partial charge in [-0.05, 0) is 43.1 Å². The Kier molecular flexibility index (Phi) is 7.38. The Hall–Kier alpha value is -0.0800. The zero-order valence-electron chi connectivity index (χ0n) is 13.8. The molecule has 1 aliphatic heterocycles. The standard InChI is InChI=1S/C17H36N2/c1-5-7-8-10-16(3,4)13-19-15-17(6-2)11-9-12-18-14-17/h18-19H,5-15H2,1-4H3. The number of hydrogen-bond acceptors (Lipinski definition) is 2. The first-order chi connectivity index (χ1) is 9.04. The molecule has 1 rings (SSSR count). The molecule has 1 heterocycles. The molecule has 0 saturated carbocycles. The van der Waals surface area contributed by atoms with Crippen LogP contribution in [0.5, 0.6) is 0 Å². The van der Waals surface area contributed by atoms with E-state index in [9.17, 15) is 0 Å². The van der Waals surface area contributed by atoms with Gasteiger partial charge in [0.25, 0.3) is 0 Å². The normalized spacial score (nSPS) is 24.6. The number of rotatable bonds is 9. The van der Waals surface area contributed by atoms with E-state index in [4.69, 9.17) is 0 Å². The van der Waals surface area contributed by atoms with Gasteiger partial charge in [-0.3, -0.25) is 0 Å². The molecule has 2 N–H and O–H groups in total. The summed E-state index contributed by atoms with van der Waals surface area (Å²) in [7, 11) is 0. The zero-order valence-corrected chi connectivity index (χ0v) is 13.8. The van der Waals surface area contributed by atoms with Crippen molar-refractivity contribution >= 4 is 0 Å². The van der Waals surface area contributed by atoms with Crippen molar-refractivity contribution in [2.75, 3.05) is 26.2 Å². The summed E-state index contributed by atoms with van der Waals surface area (Å²) in [6, 6.07) is 0. The molecule has 0 aromatic heterocycles. The van der Waals surface area contributed by atoms with Crippen LogP contribution in [-0.2, 0) is 0 Å². The van der Waals surface area contributed by atoms with Crippen LogP contribution in [0.4, 0.5) is 0 Å². The number of unbranched alkanes of at least 4 members (excludes halogenated alkanes) is 2. The van der Waals surface area contributed by atoms with E-state index in [1.54, 1.807) is 0 Å². The second-order valence-electron chi connectivity index (χ2n) is 7.36. The predicted octanol–water partition coefficient (Wildman–Crippen LogP) is 3.96. The van der Waals surface area contributed by atoms with Crippen LogP contribution in [0, 0.1) is 10.8 Å². The van der Waals surface area contributed by atoms with Crippen molar-refractivity contribution in [3.05, 3.63) is 0 Å². The molecule has 0 amide bonds. The van der Waals surface area contributed by atoms with E-state index in [1.165, 1.54) is 71.1 Å². The van der Waals surface area contributed by atoms with Gasteiger partial charge < -0.3 is 10.6 Å². The van der Waals surface area contributed by atoms with E-state index in [0.717, 1.165) is 0 Å². The minimum atomic E-state index is 0.451. The SMILES string of the molecule is CCCCCC(C)(C)CNCC1(CC)CCCNC1. The van der Waals surface area contributed by atoms with E-state index in [1.807, 2.05) is 0 Å². The van der Waals surface area contributed by atoms with Gasteiger partial charge in [-0.25, -0.2) is 0 Å². The van der Waals surface area contributed by atoms with E-state index >= 15 is 0 Å². The fourth-order valence-corrected chi connectivity index (χ4v) is 3.22. The minimum Gasteiger partial charge on any atom is -0.316 e. The Labute approximate surface area is 121 Å². The maximum Gasteiger partial charge on any atom is 0.00201 e. The average Bonchev–Trinajstić information content (AvgIpc) is 2.40. The van der Waals surface area contributed by atoms with Gasteiger partial charge in [-0.1, -0.05) is 47.0 Å². The Balaban J connectivity index is 2.26. The smallest absolute Gasteiger partial charge is 0.00201 e. The van der Waals surface area contributed by atoms with Crippen molar-refractivity contribution in [2.45, 2.75) is 72.6 Å². The van der Waals surface area contributed by atoms with Crippen molar-refractivity contribution in [1.29, 1.82) is 0 Å². The molecule has 0 spiro atoms. The Morgan fingerprint density at radius 3 is 2.58 bits per heavy atom. The number of nitrogens with one attached hydrogen (secondary N) is 2. The molecule has 1 atom stereocenters. The molecule has 2 nitrogen and oxygen atoms in total. The second kappa shape index (κ2) is 8.26. The lowest BCUT2D eigenvalue weighted by Crippen LogP contribution is -2.47. The third kappa shape index (κ3) is 6.27. The molecule has 0 aliphatic carbocycles. The molecule has 1 fully saturated rings. The molecule has 114 valence electrons. The van der Waals surface area contributed by atoms with Crippen LogP contribution in [0.1, 0.15) is 72.6 Å². The lowest BCUT2D eigenvalue weighted by atomic mass is 9.78. The highest BCUT2D eigenvalue weighted by Gasteiger charge is 2.30. The van der Waals surface area contributed by atoms with Gasteiger partial charge in [0.15, 0.2) is 0 Å². The van der Waals surface area contributed by atoms with Crippen LogP contribution in [0.3, 0.4) is 0 Å². The van der Waals surface area contributed by atoms with Crippen LogP contribution in [0.25, 0.3) is 0 Å². The summed E-state index contributed by atoms with van der Waals surface area (Å²) in [6.45, 7) is 14.2. The highest BCUT2D eigenvalue weighted by atomic mass is 14.9. The largest absolute Gasteiger partial charge is 0.316 e. The summed E-state index contributed by atoms with van der Waals surface area (Å²) in [6.07, 6.45) is 9.47. The van der Waals surface area contributed by atoms with Crippen molar-refractivity contribution in [1.82, 2.24) is 10.6 Å². The Morgan fingerprint density at radius 2 is 2.00 bits per heavy atom. The highest BCUT2D eigenvalue weighted by molar-refractivity contribution is 4.87. The average molecular weight is 268 g/mol. The fraction of sp³-hybridized carbons (Fsp3) is 1.00. The van der Waals surface area contributed by atoms with Crippen molar-refractivity contribution < 1.29 is 0 Å². The van der Waals surface area contributed by atoms with Gasteiger partial charge in [-0.2, -0.15) is 0 Å². The minimum absolute atomic E-state index is 0.451. The van der Waals surface area contributed by atoms with Crippen molar-refractivity contribution in [3.8, 4) is 0 Å². The van der Waals surface area contributed by atoms with Gasteiger partial charge in [-0.15, -0.1) is 0 Å². The topological polar surface area (TPSA) is 24.1 Å². The second-order valence-corrected chi connectivity index (χ2v) is 7.36. The Morgan fingerprint density at radius 1 is 1.21 bits per heavy atom. The van der Waals surface area contributed by atoms with Crippen molar-refractivity contribution in [3.63, 3.8) is 0 Å². The molecule has 0 aromatic rings. The molecule has 1 aliphatic rings.